The van der Waals surface area contributed by atoms with Crippen LogP contribution in [0.25, 0.3) is 21.9 Å². The molecule has 1 aliphatic carbocycles. The first-order valence-electron chi connectivity index (χ1n) is 6.80. The molecule has 90 valence electrons. The number of nitrogens with one attached hydrogen (secondary N) is 1. The van der Waals surface area contributed by atoms with Gasteiger partial charge < -0.3 is 0 Å². The molecular weight excluding hydrogens is 230 g/mol. The van der Waals surface area contributed by atoms with Crippen LogP contribution in [0.15, 0.2) is 60.7 Å². The van der Waals surface area contributed by atoms with Crippen molar-refractivity contribution in [3.8, 4) is 11.1 Å². The molecule has 1 N–H and O–H groups in total. The molecule has 0 unspecified atom stereocenters. The monoisotopic (exact) mass is 243 g/mol. The van der Waals surface area contributed by atoms with E-state index in [9.17, 15) is 0 Å². The largest absolute Gasteiger partial charge is 0.300 e. The van der Waals surface area contributed by atoms with Crippen LogP contribution in [-0.4, -0.2) is 0 Å². The zero-order valence-electron chi connectivity index (χ0n) is 10.4. The summed E-state index contributed by atoms with van der Waals surface area (Å²) in [6.07, 6.45) is 0. The summed E-state index contributed by atoms with van der Waals surface area (Å²) in [6.45, 7) is 0. The first-order valence-corrected chi connectivity index (χ1v) is 6.80. The van der Waals surface area contributed by atoms with E-state index in [1.54, 1.807) is 0 Å². The average Bonchev–Trinajstić information content (AvgIpc) is 3.27. The zero-order chi connectivity index (χ0) is 12.4. The Hall–Kier alpha value is -2.12. The van der Waals surface area contributed by atoms with Crippen molar-refractivity contribution >= 4 is 10.8 Å². The highest BCUT2D eigenvalue weighted by atomic mass is 15.2. The van der Waals surface area contributed by atoms with Gasteiger partial charge in [0.1, 0.15) is 0 Å². The molecule has 1 nitrogen and oxygen atoms in total. The second-order valence-corrected chi connectivity index (χ2v) is 5.50. The van der Waals surface area contributed by atoms with Gasteiger partial charge in [-0.3, -0.25) is 5.32 Å². The average molecular weight is 243 g/mol. The summed E-state index contributed by atoms with van der Waals surface area (Å²) >= 11 is 0. The van der Waals surface area contributed by atoms with E-state index in [2.05, 4.69) is 66.0 Å². The highest BCUT2D eigenvalue weighted by Gasteiger charge is 2.44. The lowest BCUT2D eigenvalue weighted by atomic mass is 9.84. The number of rotatable bonds is 0. The van der Waals surface area contributed by atoms with Crippen molar-refractivity contribution in [2.75, 3.05) is 0 Å². The molecule has 1 heterocycles. The van der Waals surface area contributed by atoms with Gasteiger partial charge in [-0.15, -0.1) is 0 Å². The molecular formula is C18H13N. The smallest absolute Gasteiger partial charge is 0.0530 e. The molecule has 1 fully saturated rings. The minimum Gasteiger partial charge on any atom is -0.300 e. The number of hydrogen-bond donors (Lipinski definition) is 1. The van der Waals surface area contributed by atoms with Crippen LogP contribution in [0.5, 0.6) is 0 Å². The fourth-order valence-corrected chi connectivity index (χ4v) is 3.44. The van der Waals surface area contributed by atoms with Crippen molar-refractivity contribution in [1.29, 1.82) is 0 Å². The van der Waals surface area contributed by atoms with Crippen LogP contribution in [0.2, 0.25) is 0 Å². The first kappa shape index (κ1) is 9.76. The second kappa shape index (κ2) is 3.25. The SMILES string of the molecule is c1ccc2c(c1)-c1cc3ccccc3cc1[C@@H]1N[C@H]21. The zero-order valence-corrected chi connectivity index (χ0v) is 10.4. The van der Waals surface area contributed by atoms with Gasteiger partial charge in [-0.1, -0.05) is 48.5 Å². The molecule has 2 atom stereocenters. The van der Waals surface area contributed by atoms with Gasteiger partial charge in [0.05, 0.1) is 12.1 Å². The molecule has 1 aliphatic heterocycles. The Morgan fingerprint density at radius 2 is 1.32 bits per heavy atom. The summed E-state index contributed by atoms with van der Waals surface area (Å²) < 4.78 is 0. The maximum absolute atomic E-state index is 3.61. The third-order valence-corrected chi connectivity index (χ3v) is 4.42. The molecule has 1 heteroatoms. The van der Waals surface area contributed by atoms with Gasteiger partial charge in [0.25, 0.3) is 0 Å². The normalized spacial score (nSPS) is 22.5. The third kappa shape index (κ3) is 1.23. The summed E-state index contributed by atoms with van der Waals surface area (Å²) in [6, 6.07) is 23.2. The van der Waals surface area contributed by atoms with Gasteiger partial charge in [0.15, 0.2) is 0 Å². The van der Waals surface area contributed by atoms with Crippen LogP contribution in [0.3, 0.4) is 0 Å². The van der Waals surface area contributed by atoms with Crippen molar-refractivity contribution in [3.63, 3.8) is 0 Å². The molecule has 3 aromatic rings. The third-order valence-electron chi connectivity index (χ3n) is 4.42. The minimum atomic E-state index is 0.523. The highest BCUT2D eigenvalue weighted by Crippen LogP contribution is 2.53. The molecule has 0 bridgehead atoms. The van der Waals surface area contributed by atoms with E-state index in [1.807, 2.05) is 0 Å². The van der Waals surface area contributed by atoms with Crippen molar-refractivity contribution in [1.82, 2.24) is 5.32 Å². The van der Waals surface area contributed by atoms with Gasteiger partial charge in [-0.05, 0) is 45.2 Å². The van der Waals surface area contributed by atoms with Gasteiger partial charge in [0, 0.05) is 0 Å². The summed E-state index contributed by atoms with van der Waals surface area (Å²) in [5.74, 6) is 0. The molecule has 2 aliphatic rings. The quantitative estimate of drug-likeness (QED) is 0.587. The van der Waals surface area contributed by atoms with Crippen LogP contribution in [0.4, 0.5) is 0 Å². The van der Waals surface area contributed by atoms with E-state index in [-0.39, 0.29) is 0 Å². The van der Waals surface area contributed by atoms with E-state index in [0.29, 0.717) is 12.1 Å². The molecule has 0 spiro atoms. The number of benzene rings is 3. The fraction of sp³-hybridized carbons (Fsp3) is 0.111. The summed E-state index contributed by atoms with van der Waals surface area (Å²) in [7, 11) is 0. The van der Waals surface area contributed by atoms with Crippen LogP contribution in [0.1, 0.15) is 23.2 Å². The van der Waals surface area contributed by atoms with E-state index >= 15 is 0 Å². The van der Waals surface area contributed by atoms with Crippen molar-refractivity contribution < 1.29 is 0 Å². The van der Waals surface area contributed by atoms with Crippen molar-refractivity contribution in [2.24, 2.45) is 0 Å². The molecule has 1 saturated heterocycles. The minimum absolute atomic E-state index is 0.523. The van der Waals surface area contributed by atoms with Crippen LogP contribution < -0.4 is 5.32 Å². The van der Waals surface area contributed by atoms with Gasteiger partial charge >= 0.3 is 0 Å². The summed E-state index contributed by atoms with van der Waals surface area (Å²) in [5.41, 5.74) is 5.72. The van der Waals surface area contributed by atoms with Crippen molar-refractivity contribution in [3.05, 3.63) is 71.8 Å². The van der Waals surface area contributed by atoms with E-state index < -0.39 is 0 Å². The lowest BCUT2D eigenvalue weighted by Gasteiger charge is -2.18. The summed E-state index contributed by atoms with van der Waals surface area (Å²) in [4.78, 5) is 0. The van der Waals surface area contributed by atoms with Gasteiger partial charge in [-0.2, -0.15) is 0 Å². The molecule has 0 amide bonds. The highest BCUT2D eigenvalue weighted by molar-refractivity contribution is 5.91. The Morgan fingerprint density at radius 3 is 2.21 bits per heavy atom. The Kier molecular flexibility index (Phi) is 1.67. The van der Waals surface area contributed by atoms with Gasteiger partial charge in [0.2, 0.25) is 0 Å². The van der Waals surface area contributed by atoms with E-state index in [4.69, 9.17) is 0 Å². The Labute approximate surface area is 111 Å². The van der Waals surface area contributed by atoms with E-state index in [1.165, 1.54) is 33.0 Å². The molecule has 0 aromatic heterocycles. The number of fused-ring (bicyclic) bond motifs is 7. The molecule has 0 saturated carbocycles. The maximum Gasteiger partial charge on any atom is 0.0530 e. The van der Waals surface area contributed by atoms with E-state index in [0.717, 1.165) is 0 Å². The molecule has 0 radical (unpaired) electrons. The lowest BCUT2D eigenvalue weighted by molar-refractivity contribution is 1.01. The molecule has 5 rings (SSSR count). The Morgan fingerprint density at radius 1 is 0.632 bits per heavy atom. The predicted octanol–water partition coefficient (Wildman–Crippen LogP) is 4.21. The molecule has 3 aromatic carbocycles. The Balaban J connectivity index is 1.90. The lowest BCUT2D eigenvalue weighted by Crippen LogP contribution is -1.99. The fourth-order valence-electron chi connectivity index (χ4n) is 3.44. The van der Waals surface area contributed by atoms with Crippen molar-refractivity contribution in [2.45, 2.75) is 12.1 Å². The predicted molar refractivity (Wildman–Crippen MR) is 78.0 cm³/mol. The standard InChI is InChI=1S/C18H13N/c1-2-6-12-10-16-15(9-11(12)5-1)13-7-3-4-8-14(13)17-18(16)19-17/h1-10,17-19H/t17-,18+/m1/s1. The van der Waals surface area contributed by atoms with Gasteiger partial charge in [-0.25, -0.2) is 0 Å². The molecule has 19 heavy (non-hydrogen) atoms. The first-order chi connectivity index (χ1) is 9.42. The maximum atomic E-state index is 3.61. The van der Waals surface area contributed by atoms with Crippen LogP contribution in [-0.2, 0) is 0 Å². The van der Waals surface area contributed by atoms with Crippen LogP contribution >= 0.6 is 0 Å². The number of hydrogen-bond acceptors (Lipinski definition) is 1. The topological polar surface area (TPSA) is 21.9 Å². The Bertz CT molecular complexity index is 819. The van der Waals surface area contributed by atoms with Crippen LogP contribution in [0, 0.1) is 0 Å². The second-order valence-electron chi connectivity index (χ2n) is 5.50. The summed E-state index contributed by atoms with van der Waals surface area (Å²) in [5, 5.41) is 6.28.